The van der Waals surface area contributed by atoms with Crippen LogP contribution in [0.5, 0.6) is 11.5 Å². The van der Waals surface area contributed by atoms with Crippen LogP contribution in [0.4, 0.5) is 0 Å². The van der Waals surface area contributed by atoms with E-state index in [1.807, 2.05) is 12.1 Å². The Hall–Kier alpha value is -2.29. The lowest BCUT2D eigenvalue weighted by Crippen LogP contribution is -1.95. The lowest BCUT2D eigenvalue weighted by molar-refractivity contribution is 0.0697. The number of carboxylic acid groups (broad SMARTS) is 1. The Morgan fingerprint density at radius 1 is 0.952 bits per heavy atom. The van der Waals surface area contributed by atoms with Crippen LogP contribution < -0.4 is 4.74 Å². The summed E-state index contributed by atoms with van der Waals surface area (Å²) in [6.45, 7) is 2.20. The zero-order valence-electron chi connectivity index (χ0n) is 12.2. The highest BCUT2D eigenvalue weighted by Crippen LogP contribution is 2.22. The molecule has 0 saturated carbocycles. The highest BCUT2D eigenvalue weighted by atomic mass is 16.5. The number of rotatable bonds is 7. The van der Waals surface area contributed by atoms with E-state index in [9.17, 15) is 4.79 Å². The van der Waals surface area contributed by atoms with E-state index >= 15 is 0 Å². The number of unbranched alkanes of at least 4 members (excludes halogenated alkanes) is 2. The van der Waals surface area contributed by atoms with Crippen molar-refractivity contribution < 1.29 is 14.6 Å². The molecule has 0 aliphatic heterocycles. The molecule has 0 amide bonds. The van der Waals surface area contributed by atoms with Crippen molar-refractivity contribution in [3.63, 3.8) is 0 Å². The first-order valence-electron chi connectivity index (χ1n) is 7.29. The van der Waals surface area contributed by atoms with E-state index in [0.717, 1.165) is 12.2 Å². The third-order valence-corrected chi connectivity index (χ3v) is 3.33. The summed E-state index contributed by atoms with van der Waals surface area (Å²) in [6.07, 6.45) is 4.80. The van der Waals surface area contributed by atoms with Gasteiger partial charge in [-0.25, -0.2) is 4.79 Å². The van der Waals surface area contributed by atoms with Gasteiger partial charge >= 0.3 is 5.97 Å². The molecule has 110 valence electrons. The Kier molecular flexibility index (Phi) is 5.38. The third kappa shape index (κ3) is 4.63. The van der Waals surface area contributed by atoms with E-state index in [-0.39, 0.29) is 5.56 Å². The highest BCUT2D eigenvalue weighted by molar-refractivity contribution is 5.87. The van der Waals surface area contributed by atoms with Gasteiger partial charge in [0.2, 0.25) is 0 Å². The smallest absolute Gasteiger partial charge is 0.335 e. The minimum Gasteiger partial charge on any atom is -0.478 e. The second-order valence-corrected chi connectivity index (χ2v) is 5.03. The molecule has 0 aliphatic rings. The zero-order valence-corrected chi connectivity index (χ0v) is 12.2. The van der Waals surface area contributed by atoms with Gasteiger partial charge in [-0.05, 0) is 54.8 Å². The predicted octanol–water partition coefficient (Wildman–Crippen LogP) is 4.91. The lowest BCUT2D eigenvalue weighted by atomic mass is 10.1. The van der Waals surface area contributed by atoms with Crippen molar-refractivity contribution in [2.45, 2.75) is 32.6 Å². The van der Waals surface area contributed by atoms with Crippen LogP contribution in [0.2, 0.25) is 0 Å². The molecule has 0 aliphatic carbocycles. The first-order chi connectivity index (χ1) is 10.2. The molecule has 2 aromatic carbocycles. The van der Waals surface area contributed by atoms with Gasteiger partial charge in [0.15, 0.2) is 0 Å². The first kappa shape index (κ1) is 15.1. The SMILES string of the molecule is CCCCCc1ccc(Oc2ccc(C(=O)O)cc2)cc1. The summed E-state index contributed by atoms with van der Waals surface area (Å²) in [7, 11) is 0. The van der Waals surface area contributed by atoms with Gasteiger partial charge in [0.05, 0.1) is 5.56 Å². The molecular formula is C18H20O3. The average molecular weight is 284 g/mol. The van der Waals surface area contributed by atoms with Crippen molar-refractivity contribution in [1.29, 1.82) is 0 Å². The summed E-state index contributed by atoms with van der Waals surface area (Å²) in [4.78, 5) is 10.8. The van der Waals surface area contributed by atoms with Gasteiger partial charge < -0.3 is 9.84 Å². The molecule has 0 fully saturated rings. The van der Waals surface area contributed by atoms with Crippen LogP contribution in [0, 0.1) is 0 Å². The van der Waals surface area contributed by atoms with Crippen molar-refractivity contribution in [2.24, 2.45) is 0 Å². The summed E-state index contributed by atoms with van der Waals surface area (Å²) < 4.78 is 5.70. The summed E-state index contributed by atoms with van der Waals surface area (Å²) in [5.74, 6) is 0.467. The topological polar surface area (TPSA) is 46.5 Å². The van der Waals surface area contributed by atoms with Crippen LogP contribution >= 0.6 is 0 Å². The molecule has 0 bridgehead atoms. The second kappa shape index (κ2) is 7.48. The molecule has 0 spiro atoms. The number of benzene rings is 2. The Morgan fingerprint density at radius 3 is 2.05 bits per heavy atom. The van der Waals surface area contributed by atoms with E-state index < -0.39 is 5.97 Å². The summed E-state index contributed by atoms with van der Waals surface area (Å²) >= 11 is 0. The van der Waals surface area contributed by atoms with E-state index in [2.05, 4.69) is 19.1 Å². The van der Waals surface area contributed by atoms with Gasteiger partial charge in [-0.1, -0.05) is 31.9 Å². The Balaban J connectivity index is 1.94. The maximum absolute atomic E-state index is 10.8. The molecule has 0 radical (unpaired) electrons. The number of hydrogen-bond acceptors (Lipinski definition) is 2. The standard InChI is InChI=1S/C18H20O3/c1-2-3-4-5-14-6-10-16(11-7-14)21-17-12-8-15(9-13-17)18(19)20/h6-13H,2-5H2,1H3,(H,19,20). The fourth-order valence-electron chi connectivity index (χ4n) is 2.10. The third-order valence-electron chi connectivity index (χ3n) is 3.33. The van der Waals surface area contributed by atoms with Crippen molar-refractivity contribution in [3.8, 4) is 11.5 Å². The molecule has 0 saturated heterocycles. The quantitative estimate of drug-likeness (QED) is 0.735. The van der Waals surface area contributed by atoms with Crippen LogP contribution in [0.1, 0.15) is 42.1 Å². The lowest BCUT2D eigenvalue weighted by Gasteiger charge is -2.07. The molecule has 21 heavy (non-hydrogen) atoms. The average Bonchev–Trinajstić information content (AvgIpc) is 2.50. The predicted molar refractivity (Wildman–Crippen MR) is 83.1 cm³/mol. The minimum atomic E-state index is -0.932. The fraction of sp³-hybridized carbons (Fsp3) is 0.278. The summed E-state index contributed by atoms with van der Waals surface area (Å²) in [5, 5.41) is 8.84. The van der Waals surface area contributed by atoms with Crippen molar-refractivity contribution in [1.82, 2.24) is 0 Å². The van der Waals surface area contributed by atoms with Gasteiger partial charge in [-0.15, -0.1) is 0 Å². The number of carbonyl (C=O) groups is 1. The van der Waals surface area contributed by atoms with Gasteiger partial charge in [0, 0.05) is 0 Å². The van der Waals surface area contributed by atoms with Crippen molar-refractivity contribution >= 4 is 5.97 Å². The van der Waals surface area contributed by atoms with E-state index in [1.165, 1.54) is 37.0 Å². The molecule has 0 unspecified atom stereocenters. The molecule has 0 atom stereocenters. The van der Waals surface area contributed by atoms with Crippen molar-refractivity contribution in [3.05, 3.63) is 59.7 Å². The Morgan fingerprint density at radius 2 is 1.52 bits per heavy atom. The van der Waals surface area contributed by atoms with Gasteiger partial charge in [-0.2, -0.15) is 0 Å². The van der Waals surface area contributed by atoms with Crippen LogP contribution in [0.25, 0.3) is 0 Å². The van der Waals surface area contributed by atoms with E-state index in [0.29, 0.717) is 5.75 Å². The maximum Gasteiger partial charge on any atom is 0.335 e. The minimum absolute atomic E-state index is 0.258. The number of ether oxygens (including phenoxy) is 1. The molecule has 1 N–H and O–H groups in total. The normalized spacial score (nSPS) is 10.3. The van der Waals surface area contributed by atoms with Crippen molar-refractivity contribution in [2.75, 3.05) is 0 Å². The van der Waals surface area contributed by atoms with Crippen LogP contribution in [-0.2, 0) is 6.42 Å². The molecular weight excluding hydrogens is 264 g/mol. The number of aromatic carboxylic acids is 1. The largest absolute Gasteiger partial charge is 0.478 e. The Bertz CT molecular complexity index is 570. The maximum atomic E-state index is 10.8. The van der Waals surface area contributed by atoms with Crippen LogP contribution in [0.3, 0.4) is 0 Å². The van der Waals surface area contributed by atoms with Crippen LogP contribution in [0.15, 0.2) is 48.5 Å². The monoisotopic (exact) mass is 284 g/mol. The second-order valence-electron chi connectivity index (χ2n) is 5.03. The van der Waals surface area contributed by atoms with E-state index in [1.54, 1.807) is 12.1 Å². The number of aryl methyl sites for hydroxylation is 1. The first-order valence-corrected chi connectivity index (χ1v) is 7.29. The highest BCUT2D eigenvalue weighted by Gasteiger charge is 2.03. The Labute approximate surface area is 125 Å². The number of hydrogen-bond donors (Lipinski definition) is 1. The molecule has 2 aromatic rings. The number of carboxylic acids is 1. The van der Waals surface area contributed by atoms with E-state index in [4.69, 9.17) is 9.84 Å². The molecule has 3 heteroatoms. The fourth-order valence-corrected chi connectivity index (χ4v) is 2.10. The van der Waals surface area contributed by atoms with Gasteiger partial charge in [0.25, 0.3) is 0 Å². The molecule has 3 nitrogen and oxygen atoms in total. The molecule has 0 aromatic heterocycles. The van der Waals surface area contributed by atoms with Gasteiger partial charge in [0.1, 0.15) is 11.5 Å². The zero-order chi connectivity index (χ0) is 15.1. The molecule has 0 heterocycles. The van der Waals surface area contributed by atoms with Gasteiger partial charge in [-0.3, -0.25) is 0 Å². The van der Waals surface area contributed by atoms with Crippen LogP contribution in [-0.4, -0.2) is 11.1 Å². The summed E-state index contributed by atoms with van der Waals surface area (Å²) in [5.41, 5.74) is 1.57. The molecule has 2 rings (SSSR count). The summed E-state index contributed by atoms with van der Waals surface area (Å²) in [6, 6.07) is 14.5.